The van der Waals surface area contributed by atoms with Gasteiger partial charge in [-0.2, -0.15) is 0 Å². The molecular formula is C16H27N2. The minimum Gasteiger partial charge on any atom is -0.326 e. The second-order valence-corrected chi connectivity index (χ2v) is 4.76. The first-order chi connectivity index (χ1) is 8.86. The first kappa shape index (κ1) is 15.2. The van der Waals surface area contributed by atoms with Gasteiger partial charge in [0.1, 0.15) is 0 Å². The molecule has 1 radical (unpaired) electrons. The fourth-order valence-electron chi connectivity index (χ4n) is 1.88. The lowest BCUT2D eigenvalue weighted by molar-refractivity contribution is 0.612. The number of nitrogens with one attached hydrogen (secondary N) is 1. The molecule has 101 valence electrons. The molecule has 0 saturated heterocycles. The van der Waals surface area contributed by atoms with Crippen LogP contribution in [-0.2, 0) is 13.0 Å². The van der Waals surface area contributed by atoms with Gasteiger partial charge in [0.05, 0.1) is 0 Å². The van der Waals surface area contributed by atoms with E-state index in [1.54, 1.807) is 0 Å². The second-order valence-electron chi connectivity index (χ2n) is 4.76. The molecule has 0 aliphatic heterocycles. The maximum absolute atomic E-state index is 5.57. The van der Waals surface area contributed by atoms with Gasteiger partial charge in [0.25, 0.3) is 0 Å². The molecular weight excluding hydrogens is 220 g/mol. The van der Waals surface area contributed by atoms with Crippen molar-refractivity contribution in [2.75, 3.05) is 13.1 Å². The molecule has 3 N–H and O–H groups in total. The van der Waals surface area contributed by atoms with Gasteiger partial charge < -0.3 is 11.1 Å². The first-order valence-corrected chi connectivity index (χ1v) is 7.17. The fourth-order valence-corrected chi connectivity index (χ4v) is 1.88. The van der Waals surface area contributed by atoms with Gasteiger partial charge in [-0.25, -0.2) is 0 Å². The van der Waals surface area contributed by atoms with Crippen molar-refractivity contribution >= 4 is 0 Å². The minimum absolute atomic E-state index is 0.632. The van der Waals surface area contributed by atoms with Gasteiger partial charge in [0.15, 0.2) is 0 Å². The Labute approximate surface area is 112 Å². The van der Waals surface area contributed by atoms with Gasteiger partial charge in [0.2, 0.25) is 0 Å². The van der Waals surface area contributed by atoms with Crippen LogP contribution < -0.4 is 11.1 Å². The Balaban J connectivity index is 2.00. The Morgan fingerprint density at radius 2 is 1.72 bits per heavy atom. The van der Waals surface area contributed by atoms with E-state index in [1.165, 1.54) is 36.8 Å². The highest BCUT2D eigenvalue weighted by Gasteiger charge is 1.95. The van der Waals surface area contributed by atoms with Crippen LogP contribution >= 0.6 is 0 Å². The van der Waals surface area contributed by atoms with Crippen LogP contribution in [0.5, 0.6) is 0 Å². The molecule has 0 aliphatic carbocycles. The molecule has 0 unspecified atom stereocenters. The number of nitrogens with two attached hydrogens (primary N) is 1. The van der Waals surface area contributed by atoms with Gasteiger partial charge in [-0.3, -0.25) is 0 Å². The monoisotopic (exact) mass is 247 g/mol. The summed E-state index contributed by atoms with van der Waals surface area (Å²) in [6.07, 6.45) is 8.44. The fraction of sp³-hybridized carbons (Fsp3) is 0.562. The van der Waals surface area contributed by atoms with Gasteiger partial charge in [-0.15, -0.1) is 0 Å². The van der Waals surface area contributed by atoms with E-state index in [-0.39, 0.29) is 0 Å². The molecule has 0 atom stereocenters. The molecule has 0 spiro atoms. The largest absolute Gasteiger partial charge is 0.326 e. The number of unbranched alkanes of at least 4 members (excludes halogenated alkanes) is 3. The van der Waals surface area contributed by atoms with E-state index >= 15 is 0 Å². The second kappa shape index (κ2) is 10.1. The number of hydrogen-bond acceptors (Lipinski definition) is 2. The first-order valence-electron chi connectivity index (χ1n) is 7.17. The van der Waals surface area contributed by atoms with E-state index in [1.807, 2.05) is 0 Å². The normalized spacial score (nSPS) is 10.8. The summed E-state index contributed by atoms with van der Waals surface area (Å²) in [6.45, 7) is 5.17. The van der Waals surface area contributed by atoms with E-state index in [2.05, 4.69) is 42.9 Å². The molecule has 0 aliphatic rings. The van der Waals surface area contributed by atoms with Crippen LogP contribution in [0.2, 0.25) is 0 Å². The average Bonchev–Trinajstić information content (AvgIpc) is 2.42. The summed E-state index contributed by atoms with van der Waals surface area (Å²) in [5, 5.41) is 3.47. The molecule has 0 heterocycles. The standard InChI is InChI=1S/C16H27N2/c1-2-3-12-18-13-6-4-5-7-15-8-10-16(14-17)11-9-15/h5,8-11,18H,2-4,6-7,12-14,17H2,1H3. The summed E-state index contributed by atoms with van der Waals surface area (Å²) < 4.78 is 0. The lowest BCUT2D eigenvalue weighted by atomic mass is 10.1. The van der Waals surface area contributed by atoms with Crippen LogP contribution in [0.4, 0.5) is 0 Å². The highest BCUT2D eigenvalue weighted by Crippen LogP contribution is 2.07. The van der Waals surface area contributed by atoms with E-state index in [0.29, 0.717) is 6.54 Å². The Bertz CT molecular complexity index is 292. The summed E-state index contributed by atoms with van der Waals surface area (Å²) in [4.78, 5) is 0. The summed E-state index contributed by atoms with van der Waals surface area (Å²) in [5.41, 5.74) is 8.16. The summed E-state index contributed by atoms with van der Waals surface area (Å²) >= 11 is 0. The lowest BCUT2D eigenvalue weighted by Crippen LogP contribution is -2.16. The predicted molar refractivity (Wildman–Crippen MR) is 79.3 cm³/mol. The third-order valence-corrected chi connectivity index (χ3v) is 3.11. The molecule has 0 aromatic heterocycles. The molecule has 2 heteroatoms. The van der Waals surface area contributed by atoms with E-state index in [9.17, 15) is 0 Å². The van der Waals surface area contributed by atoms with E-state index < -0.39 is 0 Å². The van der Waals surface area contributed by atoms with Gasteiger partial charge >= 0.3 is 0 Å². The zero-order chi connectivity index (χ0) is 13.1. The predicted octanol–water partition coefficient (Wildman–Crippen LogP) is 3.06. The third kappa shape index (κ3) is 6.77. The maximum Gasteiger partial charge on any atom is 0.0178 e. The van der Waals surface area contributed by atoms with Crippen molar-refractivity contribution < 1.29 is 0 Å². The molecule has 0 fully saturated rings. The summed E-state index contributed by atoms with van der Waals surface area (Å²) in [7, 11) is 0. The Morgan fingerprint density at radius 1 is 1.06 bits per heavy atom. The van der Waals surface area contributed by atoms with E-state index in [4.69, 9.17) is 5.73 Å². The summed E-state index contributed by atoms with van der Waals surface area (Å²) in [5.74, 6) is 0. The van der Waals surface area contributed by atoms with Gasteiger partial charge in [-0.05, 0) is 56.3 Å². The highest BCUT2D eigenvalue weighted by molar-refractivity contribution is 5.23. The third-order valence-electron chi connectivity index (χ3n) is 3.11. The number of hydrogen-bond donors (Lipinski definition) is 2. The Hall–Kier alpha value is -0.860. The Kier molecular flexibility index (Phi) is 8.53. The zero-order valence-corrected chi connectivity index (χ0v) is 11.6. The van der Waals surface area contributed by atoms with Crippen molar-refractivity contribution in [2.24, 2.45) is 5.73 Å². The smallest absolute Gasteiger partial charge is 0.0178 e. The van der Waals surface area contributed by atoms with Crippen LogP contribution in [0.3, 0.4) is 0 Å². The van der Waals surface area contributed by atoms with Crippen LogP contribution in [0, 0.1) is 6.42 Å². The molecule has 0 amide bonds. The number of benzene rings is 1. The zero-order valence-electron chi connectivity index (χ0n) is 11.6. The minimum atomic E-state index is 0.632. The quantitative estimate of drug-likeness (QED) is 0.624. The lowest BCUT2D eigenvalue weighted by Gasteiger charge is -2.04. The van der Waals surface area contributed by atoms with Crippen molar-refractivity contribution in [1.29, 1.82) is 0 Å². The number of rotatable bonds is 10. The molecule has 2 nitrogen and oxygen atoms in total. The van der Waals surface area contributed by atoms with Crippen molar-refractivity contribution in [1.82, 2.24) is 5.32 Å². The van der Waals surface area contributed by atoms with Crippen molar-refractivity contribution in [2.45, 2.75) is 45.6 Å². The molecule has 1 rings (SSSR count). The SMILES string of the molecule is CCCCNCCC[CH]Cc1ccc(CN)cc1. The topological polar surface area (TPSA) is 38.0 Å². The molecule has 1 aromatic carbocycles. The van der Waals surface area contributed by atoms with Gasteiger partial charge in [-0.1, -0.05) is 37.6 Å². The maximum atomic E-state index is 5.57. The highest BCUT2D eigenvalue weighted by atomic mass is 14.8. The van der Waals surface area contributed by atoms with Gasteiger partial charge in [0, 0.05) is 6.54 Å². The molecule has 0 bridgehead atoms. The summed E-state index contributed by atoms with van der Waals surface area (Å²) in [6, 6.07) is 8.60. The molecule has 1 aromatic rings. The van der Waals surface area contributed by atoms with Crippen LogP contribution in [0.25, 0.3) is 0 Å². The average molecular weight is 247 g/mol. The molecule has 18 heavy (non-hydrogen) atoms. The molecule has 0 saturated carbocycles. The van der Waals surface area contributed by atoms with Crippen molar-refractivity contribution in [3.05, 3.63) is 41.8 Å². The van der Waals surface area contributed by atoms with Crippen molar-refractivity contribution in [3.63, 3.8) is 0 Å². The van der Waals surface area contributed by atoms with E-state index in [0.717, 1.165) is 19.5 Å². The van der Waals surface area contributed by atoms with Crippen LogP contribution in [-0.4, -0.2) is 13.1 Å². The van der Waals surface area contributed by atoms with Crippen LogP contribution in [0.1, 0.15) is 43.7 Å². The van der Waals surface area contributed by atoms with Crippen LogP contribution in [0.15, 0.2) is 24.3 Å². The van der Waals surface area contributed by atoms with Crippen molar-refractivity contribution in [3.8, 4) is 0 Å². The Morgan fingerprint density at radius 3 is 2.39 bits per heavy atom.